The molecule has 0 aliphatic carbocycles. The molecule has 0 unspecified atom stereocenters. The molecule has 0 atom stereocenters. The van der Waals surface area contributed by atoms with Crippen LogP contribution in [0.2, 0.25) is 0 Å². The number of nitrogens with zero attached hydrogens (tertiary/aromatic N) is 2. The summed E-state index contributed by atoms with van der Waals surface area (Å²) in [6.07, 6.45) is 0.838. The van der Waals surface area contributed by atoms with Gasteiger partial charge in [0.05, 0.1) is 5.69 Å². The Labute approximate surface area is 101 Å². The summed E-state index contributed by atoms with van der Waals surface area (Å²) in [5, 5.41) is 6.06. The molecule has 0 aromatic heterocycles. The van der Waals surface area contributed by atoms with E-state index >= 15 is 0 Å². The zero-order chi connectivity index (χ0) is 9.26. The predicted molar refractivity (Wildman–Crippen MR) is 68.9 cm³/mol. The largest absolute Gasteiger partial charge is 0.399 e. The number of benzene rings is 1. The number of hydrogen-bond acceptors (Lipinski definition) is 4. The Bertz CT molecular complexity index is 336. The molecule has 0 amide bonds. The first-order valence-corrected chi connectivity index (χ1v) is 4.22. The smallest absolute Gasteiger partial charge is 0.122 e. The van der Waals surface area contributed by atoms with Gasteiger partial charge in [-0.15, -0.1) is 24.8 Å². The number of amidine groups is 1. The lowest BCUT2D eigenvalue weighted by Gasteiger charge is -2.12. The van der Waals surface area contributed by atoms with Crippen molar-refractivity contribution >= 4 is 42.0 Å². The average Bonchev–Trinajstić information content (AvgIpc) is 2.53. The maximum absolute atomic E-state index is 5.58. The highest BCUT2D eigenvalue weighted by Crippen LogP contribution is 2.19. The maximum Gasteiger partial charge on any atom is 0.122 e. The fourth-order valence-electron chi connectivity index (χ4n) is 1.31. The zero-order valence-corrected chi connectivity index (χ0v) is 9.72. The van der Waals surface area contributed by atoms with Crippen molar-refractivity contribution in [2.75, 3.05) is 17.3 Å². The second kappa shape index (κ2) is 5.68. The van der Waals surface area contributed by atoms with E-state index in [1.165, 1.54) is 0 Å². The molecule has 6 heteroatoms. The highest BCUT2D eigenvalue weighted by Gasteiger charge is 2.12. The van der Waals surface area contributed by atoms with Gasteiger partial charge in [-0.3, -0.25) is 5.01 Å². The minimum Gasteiger partial charge on any atom is -0.399 e. The van der Waals surface area contributed by atoms with Gasteiger partial charge in [-0.25, -0.2) is 0 Å². The number of hydrazone groups is 1. The summed E-state index contributed by atoms with van der Waals surface area (Å²) in [6.45, 7) is 0.857. The van der Waals surface area contributed by atoms with Crippen LogP contribution in [0.1, 0.15) is 6.42 Å². The van der Waals surface area contributed by atoms with E-state index in [9.17, 15) is 0 Å². The SMILES string of the molecule is Cl.Cl.NC1=NN(c2ccc(N)cc2)CC1. The summed E-state index contributed by atoms with van der Waals surface area (Å²) in [5.74, 6) is 0.692. The van der Waals surface area contributed by atoms with Gasteiger partial charge in [-0.1, -0.05) is 0 Å². The lowest BCUT2D eigenvalue weighted by molar-refractivity contribution is 0.922. The van der Waals surface area contributed by atoms with Crippen LogP contribution in [-0.2, 0) is 0 Å². The highest BCUT2D eigenvalue weighted by atomic mass is 35.5. The maximum atomic E-state index is 5.58. The normalized spacial score (nSPS) is 13.9. The third kappa shape index (κ3) is 3.18. The van der Waals surface area contributed by atoms with Gasteiger partial charge in [-0.2, -0.15) is 5.10 Å². The second-order valence-electron chi connectivity index (χ2n) is 3.06. The molecule has 1 aromatic rings. The van der Waals surface area contributed by atoms with Gasteiger partial charge in [0.2, 0.25) is 0 Å². The molecular weight excluding hydrogens is 235 g/mol. The molecular formula is C9H14Cl2N4. The van der Waals surface area contributed by atoms with Crippen LogP contribution in [0.5, 0.6) is 0 Å². The summed E-state index contributed by atoms with van der Waals surface area (Å²) >= 11 is 0. The molecule has 0 saturated carbocycles. The molecule has 0 bridgehead atoms. The molecule has 1 aromatic carbocycles. The highest BCUT2D eigenvalue weighted by molar-refractivity contribution is 5.85. The summed E-state index contributed by atoms with van der Waals surface area (Å²) in [6, 6.07) is 7.60. The first-order valence-electron chi connectivity index (χ1n) is 4.22. The summed E-state index contributed by atoms with van der Waals surface area (Å²) in [5.41, 5.74) is 13.0. The third-order valence-corrected chi connectivity index (χ3v) is 2.02. The predicted octanol–water partition coefficient (Wildman–Crippen LogP) is 1.59. The van der Waals surface area contributed by atoms with Crippen LogP contribution >= 0.6 is 24.8 Å². The van der Waals surface area contributed by atoms with Crippen LogP contribution in [0.4, 0.5) is 11.4 Å². The van der Waals surface area contributed by atoms with E-state index in [0.29, 0.717) is 5.84 Å². The fraction of sp³-hybridized carbons (Fsp3) is 0.222. The van der Waals surface area contributed by atoms with Gasteiger partial charge in [0, 0.05) is 18.7 Å². The first-order chi connectivity index (χ1) is 6.25. The standard InChI is InChI=1S/C9H12N4.2ClH/c10-7-1-3-8(4-2-7)13-6-5-9(11)12-13;;/h1-4H,5-6,10H2,(H2,11,12);2*1H. The molecule has 4 N–H and O–H groups in total. The van der Waals surface area contributed by atoms with Crippen LogP contribution in [-0.4, -0.2) is 12.4 Å². The van der Waals surface area contributed by atoms with Crippen molar-refractivity contribution in [3.05, 3.63) is 24.3 Å². The Kier molecular flexibility index (Phi) is 5.25. The molecule has 84 valence electrons. The molecule has 1 aliphatic heterocycles. The van der Waals surface area contributed by atoms with Crippen molar-refractivity contribution in [1.82, 2.24) is 0 Å². The zero-order valence-electron chi connectivity index (χ0n) is 8.09. The van der Waals surface area contributed by atoms with Crippen molar-refractivity contribution in [2.45, 2.75) is 6.42 Å². The van der Waals surface area contributed by atoms with Crippen LogP contribution < -0.4 is 16.5 Å². The molecule has 0 radical (unpaired) electrons. The summed E-state index contributed by atoms with van der Waals surface area (Å²) in [4.78, 5) is 0. The molecule has 4 nitrogen and oxygen atoms in total. The van der Waals surface area contributed by atoms with E-state index < -0.39 is 0 Å². The lowest BCUT2D eigenvalue weighted by Crippen LogP contribution is -2.11. The lowest BCUT2D eigenvalue weighted by atomic mass is 10.3. The van der Waals surface area contributed by atoms with Crippen molar-refractivity contribution in [3.8, 4) is 0 Å². The number of hydrogen-bond donors (Lipinski definition) is 2. The molecule has 0 spiro atoms. The molecule has 2 rings (SSSR count). The van der Waals surface area contributed by atoms with Gasteiger partial charge in [-0.05, 0) is 24.3 Å². The van der Waals surface area contributed by atoms with E-state index in [1.54, 1.807) is 0 Å². The van der Waals surface area contributed by atoms with Crippen LogP contribution in [0.3, 0.4) is 0 Å². The third-order valence-electron chi connectivity index (χ3n) is 2.02. The molecule has 15 heavy (non-hydrogen) atoms. The van der Waals surface area contributed by atoms with E-state index in [0.717, 1.165) is 24.3 Å². The van der Waals surface area contributed by atoms with Crippen molar-refractivity contribution < 1.29 is 0 Å². The number of nitrogens with two attached hydrogens (primary N) is 2. The quantitative estimate of drug-likeness (QED) is 0.743. The fourth-order valence-corrected chi connectivity index (χ4v) is 1.31. The summed E-state index contributed by atoms with van der Waals surface area (Å²) < 4.78 is 0. The van der Waals surface area contributed by atoms with Crippen LogP contribution in [0, 0.1) is 0 Å². The van der Waals surface area contributed by atoms with Gasteiger partial charge in [0.25, 0.3) is 0 Å². The first kappa shape index (κ1) is 13.9. The van der Waals surface area contributed by atoms with Crippen molar-refractivity contribution in [2.24, 2.45) is 10.8 Å². The Morgan fingerprint density at radius 3 is 2.13 bits per heavy atom. The van der Waals surface area contributed by atoms with Crippen molar-refractivity contribution in [3.63, 3.8) is 0 Å². The number of halogens is 2. The topological polar surface area (TPSA) is 67.6 Å². The Hall–Kier alpha value is -1.13. The molecule has 1 aliphatic rings. The summed E-state index contributed by atoms with van der Waals surface area (Å²) in [7, 11) is 0. The minimum atomic E-state index is 0. The van der Waals surface area contributed by atoms with Crippen molar-refractivity contribution in [1.29, 1.82) is 0 Å². The molecule has 1 heterocycles. The monoisotopic (exact) mass is 248 g/mol. The van der Waals surface area contributed by atoms with E-state index in [4.69, 9.17) is 11.5 Å². The number of rotatable bonds is 1. The Balaban J connectivity index is 0.000000980. The van der Waals surface area contributed by atoms with Gasteiger partial charge < -0.3 is 11.5 Å². The second-order valence-corrected chi connectivity index (χ2v) is 3.06. The Morgan fingerprint density at radius 2 is 1.67 bits per heavy atom. The Morgan fingerprint density at radius 1 is 1.07 bits per heavy atom. The number of anilines is 2. The average molecular weight is 249 g/mol. The van der Waals surface area contributed by atoms with E-state index in [-0.39, 0.29) is 24.8 Å². The van der Waals surface area contributed by atoms with Gasteiger partial charge in [0.1, 0.15) is 5.84 Å². The van der Waals surface area contributed by atoms with E-state index in [2.05, 4.69) is 5.10 Å². The molecule has 0 fully saturated rings. The minimum absolute atomic E-state index is 0. The van der Waals surface area contributed by atoms with Gasteiger partial charge in [0.15, 0.2) is 0 Å². The van der Waals surface area contributed by atoms with E-state index in [1.807, 2.05) is 29.3 Å². The molecule has 0 saturated heterocycles. The van der Waals surface area contributed by atoms with Crippen LogP contribution in [0.15, 0.2) is 29.4 Å². The van der Waals surface area contributed by atoms with Crippen LogP contribution in [0.25, 0.3) is 0 Å². The van der Waals surface area contributed by atoms with Gasteiger partial charge >= 0.3 is 0 Å². The number of nitrogen functional groups attached to an aromatic ring is 1.